The second-order valence-electron chi connectivity index (χ2n) is 5.11. The second-order valence-corrected chi connectivity index (χ2v) is 5.11. The van der Waals surface area contributed by atoms with E-state index in [0.717, 1.165) is 18.4 Å². The van der Waals surface area contributed by atoms with E-state index in [1.807, 2.05) is 0 Å². The summed E-state index contributed by atoms with van der Waals surface area (Å²) in [5.41, 5.74) is 0. The van der Waals surface area contributed by atoms with Gasteiger partial charge in [-0.2, -0.15) is 0 Å². The maximum absolute atomic E-state index is 3.52. The normalized spacial score (nSPS) is 15.0. The van der Waals surface area contributed by atoms with Gasteiger partial charge in [-0.3, -0.25) is 0 Å². The van der Waals surface area contributed by atoms with Crippen molar-refractivity contribution in [2.75, 3.05) is 13.1 Å². The molecule has 2 unspecified atom stereocenters. The molecule has 1 heteroatoms. The highest BCUT2D eigenvalue weighted by Gasteiger charge is 2.13. The van der Waals surface area contributed by atoms with E-state index in [9.17, 15) is 0 Å². The molecule has 0 fully saturated rings. The molecule has 1 nitrogen and oxygen atoms in total. The van der Waals surface area contributed by atoms with Crippen LogP contribution in [0.5, 0.6) is 0 Å². The molecular formula is C15H33N. The Hall–Kier alpha value is -0.0400. The fourth-order valence-corrected chi connectivity index (χ4v) is 2.51. The van der Waals surface area contributed by atoms with Gasteiger partial charge in [0.2, 0.25) is 0 Å². The molecule has 0 radical (unpaired) electrons. The van der Waals surface area contributed by atoms with Gasteiger partial charge in [0.25, 0.3) is 0 Å². The lowest BCUT2D eigenvalue weighted by atomic mass is 9.86. The van der Waals surface area contributed by atoms with Gasteiger partial charge in [0.15, 0.2) is 0 Å². The predicted octanol–water partition coefficient (Wildman–Crippen LogP) is 4.62. The molecule has 0 saturated carbocycles. The molecule has 0 aromatic rings. The van der Waals surface area contributed by atoms with Gasteiger partial charge in [0.1, 0.15) is 0 Å². The number of hydrogen-bond donors (Lipinski definition) is 1. The fraction of sp³-hybridized carbons (Fsp3) is 1.00. The summed E-state index contributed by atoms with van der Waals surface area (Å²) in [4.78, 5) is 0. The highest BCUT2D eigenvalue weighted by Crippen LogP contribution is 2.24. The first-order valence-electron chi connectivity index (χ1n) is 7.49. The summed E-state index contributed by atoms with van der Waals surface area (Å²) < 4.78 is 0. The summed E-state index contributed by atoms with van der Waals surface area (Å²) in [6, 6.07) is 0. The molecule has 0 aromatic heterocycles. The van der Waals surface area contributed by atoms with E-state index in [1.54, 1.807) is 0 Å². The van der Waals surface area contributed by atoms with E-state index in [1.165, 1.54) is 51.5 Å². The van der Waals surface area contributed by atoms with Gasteiger partial charge >= 0.3 is 0 Å². The number of hydrogen-bond acceptors (Lipinski definition) is 1. The molecule has 0 bridgehead atoms. The first-order valence-corrected chi connectivity index (χ1v) is 7.49. The topological polar surface area (TPSA) is 12.0 Å². The number of nitrogens with one attached hydrogen (secondary N) is 1. The first-order chi connectivity index (χ1) is 7.78. The van der Waals surface area contributed by atoms with Crippen LogP contribution in [0.4, 0.5) is 0 Å². The second kappa shape index (κ2) is 11.4. The van der Waals surface area contributed by atoms with Crippen molar-refractivity contribution >= 4 is 0 Å². The summed E-state index contributed by atoms with van der Waals surface area (Å²) in [7, 11) is 0. The maximum Gasteiger partial charge on any atom is -0.00205 e. The summed E-state index contributed by atoms with van der Waals surface area (Å²) in [5, 5.41) is 3.52. The lowest BCUT2D eigenvalue weighted by Gasteiger charge is -2.22. The van der Waals surface area contributed by atoms with Crippen molar-refractivity contribution in [1.29, 1.82) is 0 Å². The van der Waals surface area contributed by atoms with Gasteiger partial charge < -0.3 is 5.32 Å². The summed E-state index contributed by atoms with van der Waals surface area (Å²) in [6.45, 7) is 11.5. The molecule has 0 heterocycles. The average Bonchev–Trinajstić information content (AvgIpc) is 2.31. The molecule has 0 saturated heterocycles. The fourth-order valence-electron chi connectivity index (χ4n) is 2.51. The molecule has 0 aliphatic heterocycles. The Labute approximate surface area is 103 Å². The lowest BCUT2D eigenvalue weighted by molar-refractivity contribution is 0.313. The third kappa shape index (κ3) is 8.15. The Kier molecular flexibility index (Phi) is 11.4. The molecule has 2 atom stereocenters. The van der Waals surface area contributed by atoms with Gasteiger partial charge in [0, 0.05) is 0 Å². The predicted molar refractivity (Wildman–Crippen MR) is 74.9 cm³/mol. The Morgan fingerprint density at radius 2 is 1.62 bits per heavy atom. The minimum absolute atomic E-state index is 0.909. The van der Waals surface area contributed by atoms with Gasteiger partial charge in [-0.05, 0) is 37.8 Å². The van der Waals surface area contributed by atoms with Crippen LogP contribution < -0.4 is 5.32 Å². The van der Waals surface area contributed by atoms with E-state index < -0.39 is 0 Å². The van der Waals surface area contributed by atoms with Crippen molar-refractivity contribution in [2.24, 2.45) is 11.8 Å². The zero-order chi connectivity index (χ0) is 12.2. The SMILES string of the molecule is CCCCC(CC)CC(CCC)CNCC. The highest BCUT2D eigenvalue weighted by atomic mass is 14.8. The molecular weight excluding hydrogens is 194 g/mol. The van der Waals surface area contributed by atoms with E-state index in [4.69, 9.17) is 0 Å². The van der Waals surface area contributed by atoms with Crippen LogP contribution >= 0.6 is 0 Å². The van der Waals surface area contributed by atoms with Crippen LogP contribution in [-0.4, -0.2) is 13.1 Å². The lowest BCUT2D eigenvalue weighted by Crippen LogP contribution is -2.24. The van der Waals surface area contributed by atoms with Crippen LogP contribution in [0.15, 0.2) is 0 Å². The molecule has 0 aliphatic carbocycles. The van der Waals surface area contributed by atoms with Gasteiger partial charge in [-0.15, -0.1) is 0 Å². The van der Waals surface area contributed by atoms with Crippen LogP contribution in [0.3, 0.4) is 0 Å². The highest BCUT2D eigenvalue weighted by molar-refractivity contribution is 4.68. The molecule has 16 heavy (non-hydrogen) atoms. The average molecular weight is 227 g/mol. The van der Waals surface area contributed by atoms with Crippen molar-refractivity contribution in [3.05, 3.63) is 0 Å². The van der Waals surface area contributed by atoms with Crippen LogP contribution in [0.25, 0.3) is 0 Å². The van der Waals surface area contributed by atoms with Crippen molar-refractivity contribution in [1.82, 2.24) is 5.32 Å². The number of rotatable bonds is 11. The van der Waals surface area contributed by atoms with Crippen LogP contribution in [-0.2, 0) is 0 Å². The molecule has 0 aliphatic rings. The minimum Gasteiger partial charge on any atom is -0.317 e. The molecule has 98 valence electrons. The third-order valence-corrected chi connectivity index (χ3v) is 3.59. The number of unbranched alkanes of at least 4 members (excludes halogenated alkanes) is 1. The smallest absolute Gasteiger partial charge is 0.00205 e. The molecule has 1 N–H and O–H groups in total. The van der Waals surface area contributed by atoms with E-state index in [0.29, 0.717) is 0 Å². The van der Waals surface area contributed by atoms with Gasteiger partial charge in [0.05, 0.1) is 0 Å². The van der Waals surface area contributed by atoms with Crippen LogP contribution in [0, 0.1) is 11.8 Å². The van der Waals surface area contributed by atoms with E-state index in [-0.39, 0.29) is 0 Å². The van der Waals surface area contributed by atoms with Gasteiger partial charge in [-0.1, -0.05) is 59.8 Å². The third-order valence-electron chi connectivity index (χ3n) is 3.59. The van der Waals surface area contributed by atoms with Crippen molar-refractivity contribution in [3.8, 4) is 0 Å². The monoisotopic (exact) mass is 227 g/mol. The molecule has 0 spiro atoms. The summed E-state index contributed by atoms with van der Waals surface area (Å²) in [5.74, 6) is 1.88. The summed E-state index contributed by atoms with van der Waals surface area (Å²) >= 11 is 0. The first kappa shape index (κ1) is 16.0. The maximum atomic E-state index is 3.52. The van der Waals surface area contributed by atoms with Crippen molar-refractivity contribution < 1.29 is 0 Å². The Morgan fingerprint density at radius 3 is 2.12 bits per heavy atom. The van der Waals surface area contributed by atoms with Crippen molar-refractivity contribution in [2.45, 2.75) is 72.6 Å². The Morgan fingerprint density at radius 1 is 0.875 bits per heavy atom. The Balaban J connectivity index is 3.90. The quantitative estimate of drug-likeness (QED) is 0.543. The van der Waals surface area contributed by atoms with Gasteiger partial charge in [-0.25, -0.2) is 0 Å². The molecule has 0 amide bonds. The van der Waals surface area contributed by atoms with Crippen molar-refractivity contribution in [3.63, 3.8) is 0 Å². The van der Waals surface area contributed by atoms with Crippen LogP contribution in [0.2, 0.25) is 0 Å². The largest absolute Gasteiger partial charge is 0.317 e. The minimum atomic E-state index is 0.909. The van der Waals surface area contributed by atoms with E-state index in [2.05, 4.69) is 33.0 Å². The van der Waals surface area contributed by atoms with Crippen LogP contribution in [0.1, 0.15) is 72.6 Å². The van der Waals surface area contributed by atoms with E-state index >= 15 is 0 Å². The molecule has 0 aromatic carbocycles. The Bertz CT molecular complexity index is 133. The zero-order valence-electron chi connectivity index (χ0n) is 12.0. The zero-order valence-corrected chi connectivity index (χ0v) is 12.0. The summed E-state index contributed by atoms with van der Waals surface area (Å²) in [6.07, 6.45) is 9.75. The standard InChI is InChI=1S/C15H33N/c1-5-9-11-14(7-3)12-15(10-6-2)13-16-8-4/h14-16H,5-13H2,1-4H3. The molecule has 0 rings (SSSR count).